The van der Waals surface area contributed by atoms with E-state index < -0.39 is 0 Å². The number of guanidine groups is 1. The van der Waals surface area contributed by atoms with Gasteiger partial charge < -0.3 is 20.3 Å². The van der Waals surface area contributed by atoms with Crippen LogP contribution in [0.1, 0.15) is 51.6 Å². The van der Waals surface area contributed by atoms with E-state index in [1.165, 1.54) is 23.8 Å². The number of rotatable bonds is 9. The Morgan fingerprint density at radius 1 is 1.31 bits per heavy atom. The molecule has 164 valence electrons. The Labute approximate surface area is 190 Å². The molecule has 1 saturated carbocycles. The normalized spacial score (nSPS) is 15.7. The van der Waals surface area contributed by atoms with Crippen LogP contribution in [0.3, 0.4) is 0 Å². The number of carbonyl (C=O) groups is 1. The number of aliphatic imine (C=N–C) groups is 1. The summed E-state index contributed by atoms with van der Waals surface area (Å²) in [6, 6.07) is 5.04. The van der Waals surface area contributed by atoms with Gasteiger partial charge in [-0.3, -0.25) is 4.79 Å². The van der Waals surface area contributed by atoms with Crippen LogP contribution in [0.5, 0.6) is 5.75 Å². The fraction of sp³-hybridized carbons (Fsp3) is 0.619. The quantitative estimate of drug-likeness (QED) is 0.296. The van der Waals surface area contributed by atoms with Crippen LogP contribution >= 0.6 is 24.0 Å². The number of nitrogens with zero attached hydrogens (tertiary/aromatic N) is 2. The van der Waals surface area contributed by atoms with Crippen molar-refractivity contribution in [2.24, 2.45) is 10.9 Å². The molecule has 6 nitrogen and oxygen atoms in total. The van der Waals surface area contributed by atoms with Crippen LogP contribution in [0.4, 0.5) is 4.39 Å². The first-order chi connectivity index (χ1) is 13.3. The summed E-state index contributed by atoms with van der Waals surface area (Å²) in [6.07, 6.45) is 3.25. The number of likely N-dealkylation sites (N-methyl/N-ethyl adjacent to an activating group) is 1. The zero-order chi connectivity index (χ0) is 20.7. The number of amides is 1. The van der Waals surface area contributed by atoms with E-state index in [4.69, 9.17) is 4.74 Å². The maximum Gasteiger partial charge on any atom is 0.243 e. The number of benzene rings is 1. The summed E-state index contributed by atoms with van der Waals surface area (Å²) in [7, 11) is 3.40. The highest BCUT2D eigenvalue weighted by Gasteiger charge is 2.22. The summed E-state index contributed by atoms with van der Waals surface area (Å²) in [4.78, 5) is 17.7. The topological polar surface area (TPSA) is 66.0 Å². The van der Waals surface area contributed by atoms with Gasteiger partial charge in [-0.05, 0) is 56.7 Å². The fourth-order valence-corrected chi connectivity index (χ4v) is 2.44. The zero-order valence-corrected chi connectivity index (χ0v) is 20.3. The molecule has 0 spiro atoms. The number of hydrogen-bond donors (Lipinski definition) is 2. The average molecular weight is 520 g/mol. The second-order valence-electron chi connectivity index (χ2n) is 7.72. The number of hydrogen-bond acceptors (Lipinski definition) is 3. The van der Waals surface area contributed by atoms with Crippen molar-refractivity contribution in [2.75, 3.05) is 27.2 Å². The summed E-state index contributed by atoms with van der Waals surface area (Å²) < 4.78 is 19.9. The van der Waals surface area contributed by atoms with Gasteiger partial charge in [0.15, 0.2) is 17.5 Å². The van der Waals surface area contributed by atoms with Crippen molar-refractivity contribution in [1.29, 1.82) is 0 Å². The van der Waals surface area contributed by atoms with Crippen molar-refractivity contribution in [1.82, 2.24) is 15.5 Å². The molecule has 0 radical (unpaired) electrons. The van der Waals surface area contributed by atoms with Gasteiger partial charge in [-0.2, -0.15) is 0 Å². The van der Waals surface area contributed by atoms with E-state index in [0.29, 0.717) is 24.2 Å². The third-order valence-electron chi connectivity index (χ3n) is 4.85. The van der Waals surface area contributed by atoms with Gasteiger partial charge in [-0.25, -0.2) is 9.38 Å². The van der Waals surface area contributed by atoms with Crippen LogP contribution in [0.15, 0.2) is 23.2 Å². The average Bonchev–Trinajstić information content (AvgIpc) is 3.48. The molecule has 0 heterocycles. The molecule has 0 aliphatic heterocycles. The Hall–Kier alpha value is -1.58. The summed E-state index contributed by atoms with van der Waals surface area (Å²) in [5.74, 6) is 0.969. The molecule has 29 heavy (non-hydrogen) atoms. The minimum Gasteiger partial charge on any atom is -0.490 e. The Bertz CT molecular complexity index is 695. The monoisotopic (exact) mass is 520 g/mol. The molecular formula is C21H34FIN4O2. The van der Waals surface area contributed by atoms with E-state index in [0.717, 1.165) is 12.0 Å². The highest BCUT2D eigenvalue weighted by atomic mass is 127. The van der Waals surface area contributed by atoms with E-state index in [1.807, 2.05) is 19.9 Å². The van der Waals surface area contributed by atoms with Crippen LogP contribution in [0.25, 0.3) is 0 Å². The van der Waals surface area contributed by atoms with Gasteiger partial charge >= 0.3 is 0 Å². The van der Waals surface area contributed by atoms with Crippen molar-refractivity contribution >= 4 is 35.8 Å². The number of halogens is 2. The van der Waals surface area contributed by atoms with Crippen LogP contribution < -0.4 is 15.4 Å². The first-order valence-corrected chi connectivity index (χ1v) is 10.00. The minimum absolute atomic E-state index is 0. The summed E-state index contributed by atoms with van der Waals surface area (Å²) in [5, 5.41) is 6.54. The molecule has 2 unspecified atom stereocenters. The van der Waals surface area contributed by atoms with Crippen LogP contribution in [-0.2, 0) is 4.79 Å². The molecule has 1 fully saturated rings. The SMILES string of the molecule is CCC(C)NC(=NCC(=O)N(C)C)NC(C)c1ccc(OCC2CC2)c(F)c1.I. The Morgan fingerprint density at radius 3 is 2.55 bits per heavy atom. The molecule has 8 heteroatoms. The van der Waals surface area contributed by atoms with Crippen molar-refractivity contribution < 1.29 is 13.9 Å². The van der Waals surface area contributed by atoms with E-state index in [-0.39, 0.29) is 54.3 Å². The number of ether oxygens (including phenoxy) is 1. The largest absolute Gasteiger partial charge is 0.490 e. The van der Waals surface area contributed by atoms with E-state index in [2.05, 4.69) is 22.5 Å². The van der Waals surface area contributed by atoms with Crippen molar-refractivity contribution in [3.05, 3.63) is 29.6 Å². The van der Waals surface area contributed by atoms with E-state index in [9.17, 15) is 9.18 Å². The molecule has 1 aromatic carbocycles. The Kier molecular flexibility index (Phi) is 10.7. The molecular weight excluding hydrogens is 486 g/mol. The lowest BCUT2D eigenvalue weighted by Crippen LogP contribution is -2.43. The van der Waals surface area contributed by atoms with Crippen LogP contribution in [-0.4, -0.2) is 50.1 Å². The molecule has 1 aliphatic rings. The van der Waals surface area contributed by atoms with Crippen LogP contribution in [0, 0.1) is 11.7 Å². The standard InChI is InChI=1S/C21H33FN4O2.HI/c1-6-14(2)24-21(23-12-20(27)26(4)5)25-15(3)17-9-10-19(18(22)11-17)28-13-16-7-8-16;/h9-11,14-16H,6-8,12-13H2,1-5H3,(H2,23,24,25);1H. The molecule has 1 aromatic rings. The third kappa shape index (κ3) is 8.76. The highest BCUT2D eigenvalue weighted by molar-refractivity contribution is 14.0. The second kappa shape index (κ2) is 12.2. The van der Waals surface area contributed by atoms with E-state index >= 15 is 0 Å². The molecule has 0 aromatic heterocycles. The lowest BCUT2D eigenvalue weighted by Gasteiger charge is -2.22. The summed E-state index contributed by atoms with van der Waals surface area (Å²) in [6.45, 7) is 6.68. The molecule has 0 bridgehead atoms. The lowest BCUT2D eigenvalue weighted by molar-refractivity contribution is -0.127. The minimum atomic E-state index is -0.358. The first kappa shape index (κ1) is 25.5. The third-order valence-corrected chi connectivity index (χ3v) is 4.85. The number of nitrogens with one attached hydrogen (secondary N) is 2. The predicted molar refractivity (Wildman–Crippen MR) is 125 cm³/mol. The highest BCUT2D eigenvalue weighted by Crippen LogP contribution is 2.30. The second-order valence-corrected chi connectivity index (χ2v) is 7.72. The maximum absolute atomic E-state index is 14.4. The number of carbonyl (C=O) groups excluding carboxylic acids is 1. The van der Waals surface area contributed by atoms with Gasteiger partial charge in [0.25, 0.3) is 0 Å². The van der Waals surface area contributed by atoms with Gasteiger partial charge in [0, 0.05) is 20.1 Å². The smallest absolute Gasteiger partial charge is 0.243 e. The summed E-state index contributed by atoms with van der Waals surface area (Å²) in [5.41, 5.74) is 0.786. The van der Waals surface area contributed by atoms with Crippen molar-refractivity contribution in [3.8, 4) is 5.75 Å². The molecule has 0 saturated heterocycles. The summed E-state index contributed by atoms with van der Waals surface area (Å²) >= 11 is 0. The van der Waals surface area contributed by atoms with E-state index in [1.54, 1.807) is 20.2 Å². The fourth-order valence-electron chi connectivity index (χ4n) is 2.44. The van der Waals surface area contributed by atoms with Gasteiger partial charge in [-0.1, -0.05) is 13.0 Å². The molecule has 2 rings (SSSR count). The Balaban J connectivity index is 0.00000420. The first-order valence-electron chi connectivity index (χ1n) is 10.00. The molecule has 1 aliphatic carbocycles. The Morgan fingerprint density at radius 2 is 2.00 bits per heavy atom. The van der Waals surface area contributed by atoms with Gasteiger partial charge in [-0.15, -0.1) is 24.0 Å². The molecule has 2 atom stereocenters. The maximum atomic E-state index is 14.4. The van der Waals surface area contributed by atoms with Gasteiger partial charge in [0.2, 0.25) is 5.91 Å². The van der Waals surface area contributed by atoms with Crippen molar-refractivity contribution in [3.63, 3.8) is 0 Å². The molecule has 1 amide bonds. The lowest BCUT2D eigenvalue weighted by atomic mass is 10.1. The zero-order valence-electron chi connectivity index (χ0n) is 18.0. The van der Waals surface area contributed by atoms with Crippen LogP contribution in [0.2, 0.25) is 0 Å². The molecule has 2 N–H and O–H groups in total. The van der Waals surface area contributed by atoms with Gasteiger partial charge in [0.05, 0.1) is 12.6 Å². The van der Waals surface area contributed by atoms with Gasteiger partial charge in [0.1, 0.15) is 6.54 Å². The van der Waals surface area contributed by atoms with Crippen molar-refractivity contribution in [2.45, 2.75) is 52.1 Å². The predicted octanol–water partition coefficient (Wildman–Crippen LogP) is 3.72.